The number of nitrogens with one attached hydrogen (secondary N) is 2. The Hall–Kier alpha value is -0.0800. The highest BCUT2D eigenvalue weighted by atomic mass is 14.9. The van der Waals surface area contributed by atoms with E-state index < -0.39 is 0 Å². The lowest BCUT2D eigenvalue weighted by Gasteiger charge is -2.22. The Bertz CT molecular complexity index is 64.6. The highest BCUT2D eigenvalue weighted by Crippen LogP contribution is 2.08. The summed E-state index contributed by atoms with van der Waals surface area (Å²) < 4.78 is 0. The van der Waals surface area contributed by atoms with Gasteiger partial charge in [-0.2, -0.15) is 0 Å². The first-order valence-corrected chi connectivity index (χ1v) is 3.81. The highest BCUT2D eigenvalue weighted by molar-refractivity contribution is 4.71. The second-order valence-corrected chi connectivity index (χ2v) is 2.69. The van der Waals surface area contributed by atoms with E-state index >= 15 is 0 Å². The molecule has 53 valence electrons. The molecule has 1 aliphatic heterocycles. The van der Waals surface area contributed by atoms with Crippen LogP contribution in [0.1, 0.15) is 25.7 Å². The molecule has 1 rings (SSSR count). The fourth-order valence-corrected chi connectivity index (χ4v) is 1.34. The van der Waals surface area contributed by atoms with Crippen LogP contribution in [0.3, 0.4) is 0 Å². The van der Waals surface area contributed by atoms with Crippen LogP contribution in [-0.2, 0) is 0 Å². The van der Waals surface area contributed by atoms with Gasteiger partial charge in [0.2, 0.25) is 0 Å². The van der Waals surface area contributed by atoms with Crippen molar-refractivity contribution in [3.8, 4) is 0 Å². The van der Waals surface area contributed by atoms with Crippen LogP contribution >= 0.6 is 0 Å². The average molecular weight is 127 g/mol. The summed E-state index contributed by atoms with van der Waals surface area (Å²) in [5, 5.41) is 3.40. The Morgan fingerprint density at radius 2 is 2.33 bits per heavy atom. The molecule has 0 spiro atoms. The van der Waals surface area contributed by atoms with Crippen molar-refractivity contribution in [2.24, 2.45) is 0 Å². The minimum Gasteiger partial charge on any atom is -0.314 e. The maximum atomic E-state index is 7.00. The van der Waals surface area contributed by atoms with Crippen molar-refractivity contribution in [2.75, 3.05) is 13.1 Å². The van der Waals surface area contributed by atoms with Crippen molar-refractivity contribution < 1.29 is 0 Å². The van der Waals surface area contributed by atoms with Crippen LogP contribution in [0.2, 0.25) is 0 Å². The molecule has 2 heteroatoms. The van der Waals surface area contributed by atoms with Crippen molar-refractivity contribution >= 4 is 0 Å². The largest absolute Gasteiger partial charge is 0.314 e. The summed E-state index contributed by atoms with van der Waals surface area (Å²) in [4.78, 5) is 0. The van der Waals surface area contributed by atoms with Crippen LogP contribution in [-0.4, -0.2) is 19.1 Å². The van der Waals surface area contributed by atoms with E-state index in [1.54, 1.807) is 0 Å². The van der Waals surface area contributed by atoms with Crippen LogP contribution in [0.25, 0.3) is 0 Å². The summed E-state index contributed by atoms with van der Waals surface area (Å²) in [5.74, 6) is 0. The van der Waals surface area contributed by atoms with Crippen molar-refractivity contribution in [3.63, 3.8) is 0 Å². The molecule has 2 N–H and O–H groups in total. The maximum absolute atomic E-state index is 7.00. The van der Waals surface area contributed by atoms with E-state index in [9.17, 15) is 0 Å². The summed E-state index contributed by atoms with van der Waals surface area (Å²) in [6, 6.07) is 0.663. The van der Waals surface area contributed by atoms with Crippen LogP contribution in [0.5, 0.6) is 0 Å². The molecule has 1 radical (unpaired) electrons. The smallest absolute Gasteiger partial charge is 0.0115 e. The van der Waals surface area contributed by atoms with Gasteiger partial charge in [-0.15, -0.1) is 0 Å². The number of hydrogen-bond acceptors (Lipinski definition) is 1. The monoisotopic (exact) mass is 127 g/mol. The third-order valence-electron chi connectivity index (χ3n) is 1.91. The Kier molecular flexibility index (Phi) is 3.01. The molecule has 0 aromatic carbocycles. The molecule has 1 aliphatic rings. The number of piperidine rings is 1. The second-order valence-electron chi connectivity index (χ2n) is 2.69. The zero-order chi connectivity index (χ0) is 6.53. The average Bonchev–Trinajstić information content (AvgIpc) is 1.91. The molecule has 2 nitrogen and oxygen atoms in total. The topological polar surface area (TPSA) is 35.8 Å². The maximum Gasteiger partial charge on any atom is 0.0115 e. The Labute approximate surface area is 56.8 Å². The Morgan fingerprint density at radius 3 is 2.89 bits per heavy atom. The van der Waals surface area contributed by atoms with E-state index in [2.05, 4.69) is 5.32 Å². The van der Waals surface area contributed by atoms with Crippen molar-refractivity contribution in [2.45, 2.75) is 31.7 Å². The molecule has 1 fully saturated rings. The van der Waals surface area contributed by atoms with E-state index in [-0.39, 0.29) is 0 Å². The van der Waals surface area contributed by atoms with Gasteiger partial charge in [-0.1, -0.05) is 6.42 Å². The third kappa shape index (κ3) is 2.33. The molecule has 1 atom stereocenters. The highest BCUT2D eigenvalue weighted by Gasteiger charge is 2.10. The minimum atomic E-state index is 0.581. The van der Waals surface area contributed by atoms with Gasteiger partial charge < -0.3 is 5.32 Å². The standard InChI is InChI=1S/C7H15N2/c8-5-4-7-3-1-2-6-9-7/h7-9H,1-6H2/t7-/m0/s1. The number of hydrogen-bond donors (Lipinski definition) is 1. The number of rotatable bonds is 2. The summed E-state index contributed by atoms with van der Waals surface area (Å²) in [7, 11) is 0. The van der Waals surface area contributed by atoms with E-state index in [0.717, 1.165) is 6.42 Å². The molecule has 0 bridgehead atoms. The SMILES string of the molecule is [NH]CC[C@@H]1CCCCN1. The van der Waals surface area contributed by atoms with Gasteiger partial charge >= 0.3 is 0 Å². The predicted molar refractivity (Wildman–Crippen MR) is 38.2 cm³/mol. The lowest BCUT2D eigenvalue weighted by molar-refractivity contribution is 0.385. The normalized spacial score (nSPS) is 28.3. The van der Waals surface area contributed by atoms with E-state index in [1.807, 2.05) is 0 Å². The fourth-order valence-electron chi connectivity index (χ4n) is 1.34. The zero-order valence-corrected chi connectivity index (χ0v) is 5.82. The molecule has 0 unspecified atom stereocenters. The lowest BCUT2D eigenvalue weighted by atomic mass is 10.0. The van der Waals surface area contributed by atoms with Gasteiger partial charge in [-0.05, 0) is 25.8 Å². The molecule has 0 amide bonds. The molecule has 9 heavy (non-hydrogen) atoms. The molecular formula is C7H15N2. The van der Waals surface area contributed by atoms with Gasteiger partial charge in [-0.25, -0.2) is 0 Å². The molecule has 0 aliphatic carbocycles. The quantitative estimate of drug-likeness (QED) is 0.585. The summed E-state index contributed by atoms with van der Waals surface area (Å²) in [6.07, 6.45) is 5.02. The molecule has 0 aromatic heterocycles. The molecule has 1 saturated heterocycles. The summed E-state index contributed by atoms with van der Waals surface area (Å²) in [5.41, 5.74) is 7.00. The van der Waals surface area contributed by atoms with Crippen LogP contribution in [0.4, 0.5) is 0 Å². The molecule has 0 saturated carbocycles. The summed E-state index contributed by atoms with van der Waals surface area (Å²) >= 11 is 0. The van der Waals surface area contributed by atoms with Gasteiger partial charge in [-0.3, -0.25) is 5.73 Å². The van der Waals surface area contributed by atoms with Crippen molar-refractivity contribution in [1.29, 1.82) is 0 Å². The Morgan fingerprint density at radius 1 is 1.44 bits per heavy atom. The van der Waals surface area contributed by atoms with Crippen molar-refractivity contribution in [1.82, 2.24) is 11.1 Å². The fraction of sp³-hybridized carbons (Fsp3) is 1.00. The van der Waals surface area contributed by atoms with E-state index in [1.165, 1.54) is 25.8 Å². The van der Waals surface area contributed by atoms with Crippen molar-refractivity contribution in [3.05, 3.63) is 0 Å². The first-order chi connectivity index (χ1) is 4.43. The molecule has 1 heterocycles. The van der Waals surface area contributed by atoms with Gasteiger partial charge in [0.15, 0.2) is 0 Å². The van der Waals surface area contributed by atoms with Gasteiger partial charge in [0, 0.05) is 12.6 Å². The van der Waals surface area contributed by atoms with Gasteiger partial charge in [0.1, 0.15) is 0 Å². The third-order valence-corrected chi connectivity index (χ3v) is 1.91. The first kappa shape index (κ1) is 7.03. The van der Waals surface area contributed by atoms with E-state index in [0.29, 0.717) is 12.6 Å². The van der Waals surface area contributed by atoms with Gasteiger partial charge in [0.05, 0.1) is 0 Å². The first-order valence-electron chi connectivity index (χ1n) is 3.81. The van der Waals surface area contributed by atoms with Crippen LogP contribution < -0.4 is 11.1 Å². The van der Waals surface area contributed by atoms with Crippen LogP contribution in [0, 0.1) is 0 Å². The lowest BCUT2D eigenvalue weighted by Crippen LogP contribution is -2.34. The molecule has 0 aromatic rings. The van der Waals surface area contributed by atoms with Gasteiger partial charge in [0.25, 0.3) is 0 Å². The second kappa shape index (κ2) is 3.85. The zero-order valence-electron chi connectivity index (χ0n) is 5.82. The van der Waals surface area contributed by atoms with E-state index in [4.69, 9.17) is 5.73 Å². The predicted octanol–water partition coefficient (Wildman–Crippen LogP) is 0.801. The minimum absolute atomic E-state index is 0.581. The Balaban J connectivity index is 2.08. The summed E-state index contributed by atoms with van der Waals surface area (Å²) in [6.45, 7) is 1.75. The van der Waals surface area contributed by atoms with Crippen LogP contribution in [0.15, 0.2) is 0 Å². The molecular weight excluding hydrogens is 112 g/mol.